The quantitative estimate of drug-likeness (QED) is 0.376. The van der Waals surface area contributed by atoms with Crippen LogP contribution < -0.4 is 5.32 Å². The van der Waals surface area contributed by atoms with Gasteiger partial charge in [-0.1, -0.05) is 30.7 Å². The molecule has 9 heteroatoms. The van der Waals surface area contributed by atoms with Gasteiger partial charge < -0.3 is 10.2 Å². The number of non-ortho nitro benzene ring substituents is 1. The fraction of sp³-hybridized carbons (Fsp3) is 0.200. The van der Waals surface area contributed by atoms with E-state index in [1.807, 2.05) is 19.1 Å². The molecule has 0 fully saturated rings. The summed E-state index contributed by atoms with van der Waals surface area (Å²) in [6.07, 6.45) is 0.790. The molecule has 29 heavy (non-hydrogen) atoms. The van der Waals surface area contributed by atoms with E-state index < -0.39 is 4.92 Å². The highest BCUT2D eigenvalue weighted by molar-refractivity contribution is 7.14. The number of thiazole rings is 1. The number of hydrogen-bond donors (Lipinski definition) is 1. The molecule has 1 N–H and O–H groups in total. The zero-order chi connectivity index (χ0) is 20.8. The molecule has 0 radical (unpaired) electrons. The minimum Gasteiger partial charge on any atom is -0.333 e. The van der Waals surface area contributed by atoms with Crippen LogP contribution in [0.15, 0.2) is 53.9 Å². The summed E-state index contributed by atoms with van der Waals surface area (Å²) in [6.45, 7) is 2.92. The van der Waals surface area contributed by atoms with Crippen molar-refractivity contribution in [2.24, 2.45) is 0 Å². The average Bonchev–Trinajstić information content (AvgIpc) is 3.18. The third-order valence-corrected chi connectivity index (χ3v) is 5.13. The van der Waals surface area contributed by atoms with Crippen molar-refractivity contribution in [3.63, 3.8) is 0 Å². The molecule has 0 bridgehead atoms. The lowest BCUT2D eigenvalue weighted by molar-refractivity contribution is -0.384. The standard InChI is InChI=1S/C20H19ClN4O3S/c1-2-11-24(12-14-3-9-17(10-4-14)25(27)28)19(26)18-13-29-20(23-18)22-16-7-5-15(21)6-8-16/h3-10,13H,2,11-12H2,1H3,(H,22,23). The molecule has 0 spiro atoms. The lowest BCUT2D eigenvalue weighted by Gasteiger charge is -2.21. The van der Waals surface area contributed by atoms with E-state index in [4.69, 9.17) is 11.6 Å². The topological polar surface area (TPSA) is 88.4 Å². The Morgan fingerprint density at radius 2 is 1.90 bits per heavy atom. The molecule has 0 saturated heterocycles. The summed E-state index contributed by atoms with van der Waals surface area (Å²) < 4.78 is 0. The van der Waals surface area contributed by atoms with E-state index in [1.165, 1.54) is 23.5 Å². The number of amides is 1. The Hall–Kier alpha value is -2.97. The average molecular weight is 431 g/mol. The maximum Gasteiger partial charge on any atom is 0.273 e. The second kappa shape index (κ2) is 9.49. The maximum absolute atomic E-state index is 12.9. The molecule has 0 aliphatic carbocycles. The summed E-state index contributed by atoms with van der Waals surface area (Å²) in [4.78, 5) is 29.4. The zero-order valence-corrected chi connectivity index (χ0v) is 17.2. The number of anilines is 2. The number of rotatable bonds is 8. The third-order valence-electron chi connectivity index (χ3n) is 4.12. The summed E-state index contributed by atoms with van der Waals surface area (Å²) >= 11 is 7.24. The van der Waals surface area contributed by atoms with Gasteiger partial charge >= 0.3 is 0 Å². The second-order valence-corrected chi connectivity index (χ2v) is 7.61. The van der Waals surface area contributed by atoms with Crippen LogP contribution in [0.1, 0.15) is 29.4 Å². The van der Waals surface area contributed by atoms with Gasteiger partial charge in [0.25, 0.3) is 11.6 Å². The van der Waals surface area contributed by atoms with Crippen LogP contribution in [0.5, 0.6) is 0 Å². The number of nitro groups is 1. The van der Waals surface area contributed by atoms with Gasteiger partial charge in [-0.15, -0.1) is 11.3 Å². The van der Waals surface area contributed by atoms with E-state index in [0.717, 1.165) is 17.7 Å². The van der Waals surface area contributed by atoms with Crippen LogP contribution in [0, 0.1) is 10.1 Å². The first kappa shape index (κ1) is 20.8. The lowest BCUT2D eigenvalue weighted by atomic mass is 10.2. The van der Waals surface area contributed by atoms with Crippen LogP contribution in [-0.4, -0.2) is 27.3 Å². The van der Waals surface area contributed by atoms with Crippen molar-refractivity contribution in [1.29, 1.82) is 0 Å². The fourth-order valence-corrected chi connectivity index (χ4v) is 3.54. The van der Waals surface area contributed by atoms with Crippen LogP contribution in [-0.2, 0) is 6.54 Å². The molecule has 1 amide bonds. The first-order valence-corrected chi connectivity index (χ1v) is 10.2. The Balaban J connectivity index is 1.70. The number of nitro benzene ring substituents is 1. The SMILES string of the molecule is CCCN(Cc1ccc([N+](=O)[O-])cc1)C(=O)c1csc(Nc2ccc(Cl)cc2)n1. The minimum absolute atomic E-state index is 0.0273. The predicted octanol–water partition coefficient (Wildman–Crippen LogP) is 5.50. The van der Waals surface area contributed by atoms with Crippen molar-refractivity contribution in [2.75, 3.05) is 11.9 Å². The Morgan fingerprint density at radius 1 is 1.21 bits per heavy atom. The van der Waals surface area contributed by atoms with Gasteiger partial charge in [0.05, 0.1) is 4.92 Å². The van der Waals surface area contributed by atoms with Gasteiger partial charge in [0.2, 0.25) is 0 Å². The van der Waals surface area contributed by atoms with Crippen LogP contribution in [0.4, 0.5) is 16.5 Å². The molecule has 1 heterocycles. The van der Waals surface area contributed by atoms with Crippen molar-refractivity contribution in [3.8, 4) is 0 Å². The predicted molar refractivity (Wildman–Crippen MR) is 115 cm³/mol. The van der Waals surface area contributed by atoms with Gasteiger partial charge in [-0.3, -0.25) is 14.9 Å². The highest BCUT2D eigenvalue weighted by Crippen LogP contribution is 2.23. The van der Waals surface area contributed by atoms with Crippen LogP contribution >= 0.6 is 22.9 Å². The molecule has 0 aliphatic heterocycles. The van der Waals surface area contributed by atoms with Crippen molar-refractivity contribution in [3.05, 3.63) is 80.3 Å². The van der Waals surface area contributed by atoms with E-state index in [2.05, 4.69) is 10.3 Å². The largest absolute Gasteiger partial charge is 0.333 e. The zero-order valence-electron chi connectivity index (χ0n) is 15.7. The van der Waals surface area contributed by atoms with Gasteiger partial charge in [-0.25, -0.2) is 4.98 Å². The van der Waals surface area contributed by atoms with Gasteiger partial charge in [-0.2, -0.15) is 0 Å². The van der Waals surface area contributed by atoms with Crippen molar-refractivity contribution >= 4 is 45.4 Å². The minimum atomic E-state index is -0.441. The summed E-state index contributed by atoms with van der Waals surface area (Å²) in [5.74, 6) is -0.175. The monoisotopic (exact) mass is 430 g/mol. The highest BCUT2D eigenvalue weighted by atomic mass is 35.5. The summed E-state index contributed by atoms with van der Waals surface area (Å²) in [7, 11) is 0. The third kappa shape index (κ3) is 5.52. The van der Waals surface area contributed by atoms with E-state index in [9.17, 15) is 14.9 Å². The van der Waals surface area contributed by atoms with E-state index >= 15 is 0 Å². The molecule has 150 valence electrons. The summed E-state index contributed by atoms with van der Waals surface area (Å²) in [5.41, 5.74) is 2.05. The number of halogens is 1. The van der Waals surface area contributed by atoms with Gasteiger partial charge in [-0.05, 0) is 36.2 Å². The number of benzene rings is 2. The molecule has 2 aromatic carbocycles. The summed E-state index contributed by atoms with van der Waals surface area (Å²) in [6, 6.07) is 13.5. The summed E-state index contributed by atoms with van der Waals surface area (Å²) in [5, 5.41) is 16.9. The Morgan fingerprint density at radius 3 is 2.52 bits per heavy atom. The van der Waals surface area contributed by atoms with E-state index in [0.29, 0.717) is 28.9 Å². The Labute approximate surface area is 177 Å². The first-order chi connectivity index (χ1) is 14.0. The van der Waals surface area contributed by atoms with Crippen molar-refractivity contribution < 1.29 is 9.72 Å². The molecule has 7 nitrogen and oxygen atoms in total. The molecule has 0 aliphatic rings. The molecular formula is C20H19ClN4O3S. The van der Waals surface area contributed by atoms with Gasteiger partial charge in [0.1, 0.15) is 5.69 Å². The maximum atomic E-state index is 12.9. The Kier molecular flexibility index (Phi) is 6.79. The fourth-order valence-electron chi connectivity index (χ4n) is 2.71. The molecule has 0 unspecified atom stereocenters. The number of nitrogens with zero attached hydrogens (tertiary/aromatic N) is 3. The van der Waals surface area contributed by atoms with E-state index in [-0.39, 0.29) is 11.6 Å². The molecule has 0 atom stereocenters. The number of carbonyl (C=O) groups is 1. The molecule has 1 aromatic heterocycles. The molecule has 3 rings (SSSR count). The highest BCUT2D eigenvalue weighted by Gasteiger charge is 2.19. The smallest absolute Gasteiger partial charge is 0.273 e. The number of hydrogen-bond acceptors (Lipinski definition) is 6. The van der Waals surface area contributed by atoms with Crippen LogP contribution in [0.2, 0.25) is 5.02 Å². The molecule has 0 saturated carbocycles. The van der Waals surface area contributed by atoms with Crippen LogP contribution in [0.25, 0.3) is 0 Å². The van der Waals surface area contributed by atoms with Gasteiger partial charge in [0, 0.05) is 41.3 Å². The van der Waals surface area contributed by atoms with Crippen molar-refractivity contribution in [2.45, 2.75) is 19.9 Å². The number of carbonyl (C=O) groups excluding carboxylic acids is 1. The second-order valence-electron chi connectivity index (χ2n) is 6.32. The number of aromatic nitrogens is 1. The van der Waals surface area contributed by atoms with Crippen LogP contribution in [0.3, 0.4) is 0 Å². The van der Waals surface area contributed by atoms with E-state index in [1.54, 1.807) is 34.5 Å². The lowest BCUT2D eigenvalue weighted by Crippen LogP contribution is -2.31. The molecule has 3 aromatic rings. The van der Waals surface area contributed by atoms with Gasteiger partial charge in [0.15, 0.2) is 5.13 Å². The van der Waals surface area contributed by atoms with Crippen molar-refractivity contribution in [1.82, 2.24) is 9.88 Å². The molecular weight excluding hydrogens is 412 g/mol. The Bertz CT molecular complexity index is 990. The normalized spacial score (nSPS) is 10.6. The number of nitrogens with one attached hydrogen (secondary N) is 1. The first-order valence-electron chi connectivity index (χ1n) is 8.97.